The van der Waals surface area contributed by atoms with Gasteiger partial charge in [0.15, 0.2) is 0 Å². The summed E-state index contributed by atoms with van der Waals surface area (Å²) in [5.74, 6) is 0.451. The molecule has 0 aliphatic carbocycles. The van der Waals surface area contributed by atoms with Crippen molar-refractivity contribution in [3.63, 3.8) is 0 Å². The zero-order valence-electron chi connectivity index (χ0n) is 11.5. The Kier molecular flexibility index (Phi) is 5.14. The normalized spacial score (nSPS) is 12.6. The number of halogens is 1. The van der Waals surface area contributed by atoms with Gasteiger partial charge in [-0.2, -0.15) is 4.98 Å². The Morgan fingerprint density at radius 1 is 1.45 bits per heavy atom. The second-order valence-electron chi connectivity index (χ2n) is 4.29. The second kappa shape index (κ2) is 7.06. The summed E-state index contributed by atoms with van der Waals surface area (Å²) in [6.45, 7) is 3.40. The highest BCUT2D eigenvalue weighted by atomic mass is 19.1. The summed E-state index contributed by atoms with van der Waals surface area (Å²) in [6, 6.07) is 2.94. The third kappa shape index (κ3) is 3.82. The van der Waals surface area contributed by atoms with Gasteiger partial charge in [-0.25, -0.2) is 9.37 Å². The van der Waals surface area contributed by atoms with Crippen molar-refractivity contribution in [1.82, 2.24) is 20.4 Å². The lowest BCUT2D eigenvalue weighted by Gasteiger charge is -2.14. The van der Waals surface area contributed by atoms with Crippen molar-refractivity contribution in [2.45, 2.75) is 19.4 Å². The van der Waals surface area contributed by atoms with Crippen LogP contribution in [-0.4, -0.2) is 41.4 Å². The van der Waals surface area contributed by atoms with Crippen LogP contribution < -0.4 is 5.32 Å². The summed E-state index contributed by atoms with van der Waals surface area (Å²) in [4.78, 5) is 8.17. The molecule has 0 aliphatic rings. The van der Waals surface area contributed by atoms with Gasteiger partial charge in [-0.1, -0.05) is 12.1 Å². The number of nitrogens with zero attached hydrogens (tertiary/aromatic N) is 3. The van der Waals surface area contributed by atoms with Crippen LogP contribution in [0, 0.1) is 5.82 Å². The lowest BCUT2D eigenvalue weighted by Crippen LogP contribution is -2.35. The molecule has 0 spiro atoms. The Morgan fingerprint density at radius 3 is 2.95 bits per heavy atom. The van der Waals surface area contributed by atoms with E-state index in [4.69, 9.17) is 9.26 Å². The quantitative estimate of drug-likeness (QED) is 0.827. The molecule has 108 valence electrons. The maximum absolute atomic E-state index is 12.8. The van der Waals surface area contributed by atoms with Crippen molar-refractivity contribution in [2.24, 2.45) is 0 Å². The molecule has 1 unspecified atom stereocenters. The molecule has 0 bridgehead atoms. The first kappa shape index (κ1) is 14.5. The molecule has 1 atom stereocenters. The van der Waals surface area contributed by atoms with E-state index >= 15 is 0 Å². The van der Waals surface area contributed by atoms with Crippen LogP contribution in [0.3, 0.4) is 0 Å². The Bertz CT molecular complexity index is 523. The molecule has 20 heavy (non-hydrogen) atoms. The molecule has 0 saturated carbocycles. The van der Waals surface area contributed by atoms with Crippen molar-refractivity contribution in [3.8, 4) is 11.5 Å². The van der Waals surface area contributed by atoms with Crippen LogP contribution in [0.2, 0.25) is 0 Å². The van der Waals surface area contributed by atoms with Crippen LogP contribution in [0.25, 0.3) is 11.5 Å². The maximum atomic E-state index is 12.8. The largest absolute Gasteiger partial charge is 0.383 e. The predicted molar refractivity (Wildman–Crippen MR) is 70.5 cm³/mol. The first-order chi connectivity index (χ1) is 9.72. The Balaban J connectivity index is 2.06. The standard InChI is InChI=1S/C13H17FN4O2/c1-3-15-10(8-19-2)6-12-17-13(18-20-12)11-5-4-9(14)7-16-11/h4-5,7,10,15H,3,6,8H2,1-2H3. The van der Waals surface area contributed by atoms with E-state index in [9.17, 15) is 4.39 Å². The molecule has 0 saturated heterocycles. The van der Waals surface area contributed by atoms with E-state index in [-0.39, 0.29) is 6.04 Å². The fourth-order valence-electron chi connectivity index (χ4n) is 1.84. The van der Waals surface area contributed by atoms with Crippen LogP contribution >= 0.6 is 0 Å². The molecule has 0 fully saturated rings. The highest BCUT2D eigenvalue weighted by Gasteiger charge is 2.15. The number of nitrogens with one attached hydrogen (secondary N) is 1. The van der Waals surface area contributed by atoms with E-state index < -0.39 is 5.82 Å². The van der Waals surface area contributed by atoms with Gasteiger partial charge < -0.3 is 14.6 Å². The minimum atomic E-state index is -0.398. The Morgan fingerprint density at radius 2 is 2.30 bits per heavy atom. The fourth-order valence-corrected chi connectivity index (χ4v) is 1.84. The van der Waals surface area contributed by atoms with Gasteiger partial charge in [0, 0.05) is 19.6 Å². The number of hydrogen-bond donors (Lipinski definition) is 1. The molecule has 2 rings (SSSR count). The van der Waals surface area contributed by atoms with Crippen LogP contribution in [0.15, 0.2) is 22.9 Å². The van der Waals surface area contributed by atoms with Crippen molar-refractivity contribution < 1.29 is 13.7 Å². The summed E-state index contributed by atoms with van der Waals surface area (Å²) in [7, 11) is 1.64. The van der Waals surface area contributed by atoms with E-state index in [0.29, 0.717) is 30.4 Å². The van der Waals surface area contributed by atoms with E-state index in [1.807, 2.05) is 6.92 Å². The van der Waals surface area contributed by atoms with Crippen molar-refractivity contribution >= 4 is 0 Å². The molecule has 1 N–H and O–H groups in total. The molecule has 0 aliphatic heterocycles. The first-order valence-corrected chi connectivity index (χ1v) is 6.39. The Labute approximate surface area is 116 Å². The number of pyridine rings is 1. The molecule has 0 radical (unpaired) electrons. The number of hydrogen-bond acceptors (Lipinski definition) is 6. The van der Waals surface area contributed by atoms with Crippen LogP contribution in [0.5, 0.6) is 0 Å². The monoisotopic (exact) mass is 280 g/mol. The lowest BCUT2D eigenvalue weighted by molar-refractivity contribution is 0.162. The molecule has 2 aromatic rings. The van der Waals surface area contributed by atoms with Gasteiger partial charge >= 0.3 is 0 Å². The van der Waals surface area contributed by atoms with E-state index in [2.05, 4.69) is 20.4 Å². The van der Waals surface area contributed by atoms with Crippen molar-refractivity contribution in [3.05, 3.63) is 30.0 Å². The fraction of sp³-hybridized carbons (Fsp3) is 0.462. The molecule has 7 heteroatoms. The number of aromatic nitrogens is 3. The minimum absolute atomic E-state index is 0.111. The smallest absolute Gasteiger partial charge is 0.228 e. The second-order valence-corrected chi connectivity index (χ2v) is 4.29. The van der Waals surface area contributed by atoms with E-state index in [1.165, 1.54) is 12.1 Å². The summed E-state index contributed by atoms with van der Waals surface area (Å²) < 4.78 is 23.1. The topological polar surface area (TPSA) is 73.1 Å². The highest BCUT2D eigenvalue weighted by Crippen LogP contribution is 2.13. The number of rotatable bonds is 7. The summed E-state index contributed by atoms with van der Waals surface area (Å²) >= 11 is 0. The SMILES string of the molecule is CCNC(COC)Cc1nc(-c2ccc(F)cn2)no1. The Hall–Kier alpha value is -1.86. The third-order valence-electron chi connectivity index (χ3n) is 2.71. The molecule has 2 aromatic heterocycles. The highest BCUT2D eigenvalue weighted by molar-refractivity contribution is 5.47. The first-order valence-electron chi connectivity index (χ1n) is 6.39. The molecular weight excluding hydrogens is 263 g/mol. The lowest BCUT2D eigenvalue weighted by atomic mass is 10.2. The number of likely N-dealkylation sites (N-methyl/N-ethyl adjacent to an activating group) is 1. The van der Waals surface area contributed by atoms with Gasteiger partial charge in [0.25, 0.3) is 0 Å². The molecule has 0 aromatic carbocycles. The van der Waals surface area contributed by atoms with Crippen molar-refractivity contribution in [1.29, 1.82) is 0 Å². The van der Waals surface area contributed by atoms with E-state index in [1.54, 1.807) is 7.11 Å². The van der Waals surface area contributed by atoms with Gasteiger partial charge in [-0.3, -0.25) is 0 Å². The summed E-state index contributed by atoms with van der Waals surface area (Å²) in [5, 5.41) is 7.12. The van der Waals surface area contributed by atoms with Gasteiger partial charge in [-0.05, 0) is 18.7 Å². The third-order valence-corrected chi connectivity index (χ3v) is 2.71. The zero-order valence-corrected chi connectivity index (χ0v) is 11.5. The average Bonchev–Trinajstić information content (AvgIpc) is 2.89. The van der Waals surface area contributed by atoms with Gasteiger partial charge in [0.2, 0.25) is 11.7 Å². The molecule has 6 nitrogen and oxygen atoms in total. The van der Waals surface area contributed by atoms with Crippen molar-refractivity contribution in [2.75, 3.05) is 20.3 Å². The molecule has 2 heterocycles. The van der Waals surface area contributed by atoms with E-state index in [0.717, 1.165) is 12.7 Å². The number of ether oxygens (including phenoxy) is 1. The van der Waals surface area contributed by atoms with Gasteiger partial charge in [0.1, 0.15) is 11.5 Å². The predicted octanol–water partition coefficient (Wildman–Crippen LogP) is 1.44. The maximum Gasteiger partial charge on any atom is 0.228 e. The molecule has 0 amide bonds. The van der Waals surface area contributed by atoms with Gasteiger partial charge in [0.05, 0.1) is 12.8 Å². The summed E-state index contributed by atoms with van der Waals surface area (Å²) in [5.41, 5.74) is 0.480. The van der Waals surface area contributed by atoms with Crippen LogP contribution in [-0.2, 0) is 11.2 Å². The van der Waals surface area contributed by atoms with Crippen LogP contribution in [0.4, 0.5) is 4.39 Å². The summed E-state index contributed by atoms with van der Waals surface area (Å²) in [6.07, 6.45) is 1.69. The number of methoxy groups -OCH3 is 1. The average molecular weight is 280 g/mol. The van der Waals surface area contributed by atoms with Gasteiger partial charge in [-0.15, -0.1) is 0 Å². The minimum Gasteiger partial charge on any atom is -0.383 e. The zero-order chi connectivity index (χ0) is 14.4. The molecular formula is C13H17FN4O2. The van der Waals surface area contributed by atoms with Crippen LogP contribution in [0.1, 0.15) is 12.8 Å².